The van der Waals surface area contributed by atoms with Gasteiger partial charge in [-0.2, -0.15) is 0 Å². The first-order chi connectivity index (χ1) is 7.97. The molecule has 0 atom stereocenters. The number of carboxylic acids is 1. The largest absolute Gasteiger partial charge is 0.478 e. The number of benzene rings is 1. The number of hydrogen-bond donors (Lipinski definition) is 3. The molecule has 0 bridgehead atoms. The molecule has 0 aromatic heterocycles. The van der Waals surface area contributed by atoms with Gasteiger partial charge in [-0.25, -0.2) is 9.18 Å². The smallest absolute Gasteiger partial charge is 0.338 e. The summed E-state index contributed by atoms with van der Waals surface area (Å²) in [7, 11) is 0. The number of anilines is 1. The SMILES string of the molecule is O=C(O)c1cc([N+](=O)[O-])c(NCCO)cc1F. The molecule has 1 aromatic rings. The van der Waals surface area contributed by atoms with Crippen molar-refractivity contribution in [1.82, 2.24) is 0 Å². The van der Waals surface area contributed by atoms with Crippen molar-refractivity contribution in [3.63, 3.8) is 0 Å². The van der Waals surface area contributed by atoms with E-state index in [1.54, 1.807) is 0 Å². The third-order valence-electron chi connectivity index (χ3n) is 1.94. The highest BCUT2D eigenvalue weighted by atomic mass is 19.1. The average Bonchev–Trinajstić information content (AvgIpc) is 2.25. The molecule has 0 aliphatic carbocycles. The van der Waals surface area contributed by atoms with Gasteiger partial charge in [-0.3, -0.25) is 10.1 Å². The summed E-state index contributed by atoms with van der Waals surface area (Å²) in [4.78, 5) is 20.4. The van der Waals surface area contributed by atoms with Crippen molar-refractivity contribution < 1.29 is 24.3 Å². The van der Waals surface area contributed by atoms with Crippen molar-refractivity contribution in [2.75, 3.05) is 18.5 Å². The van der Waals surface area contributed by atoms with E-state index in [0.29, 0.717) is 6.07 Å². The van der Waals surface area contributed by atoms with Gasteiger partial charge in [-0.15, -0.1) is 0 Å². The Labute approximate surface area is 94.6 Å². The summed E-state index contributed by atoms with van der Waals surface area (Å²) in [6, 6.07) is 1.36. The first-order valence-corrected chi connectivity index (χ1v) is 4.53. The molecule has 0 spiro atoms. The molecule has 0 aliphatic heterocycles. The molecular formula is C9H9FN2O5. The lowest BCUT2D eigenvalue weighted by Crippen LogP contribution is -2.10. The van der Waals surface area contributed by atoms with E-state index in [-0.39, 0.29) is 18.8 Å². The van der Waals surface area contributed by atoms with Crippen LogP contribution in [0, 0.1) is 15.9 Å². The van der Waals surface area contributed by atoms with E-state index in [0.717, 1.165) is 6.07 Å². The molecule has 0 saturated carbocycles. The molecule has 0 saturated heterocycles. The van der Waals surface area contributed by atoms with Crippen LogP contribution < -0.4 is 5.32 Å². The quantitative estimate of drug-likeness (QED) is 0.522. The molecule has 8 heteroatoms. The standard InChI is InChI=1S/C9H9FN2O5/c10-6-4-7(11-1-2-13)8(12(16)17)3-5(6)9(14)15/h3-4,11,13H,1-2H2,(H,14,15). The van der Waals surface area contributed by atoms with Crippen molar-refractivity contribution in [3.8, 4) is 0 Å². The minimum absolute atomic E-state index is 0.00724. The second-order valence-electron chi connectivity index (χ2n) is 3.06. The number of nitro benzene ring substituents is 1. The van der Waals surface area contributed by atoms with Crippen molar-refractivity contribution in [1.29, 1.82) is 0 Å². The Hall–Kier alpha value is -2.22. The van der Waals surface area contributed by atoms with Crippen LogP contribution in [0.15, 0.2) is 12.1 Å². The fourth-order valence-corrected chi connectivity index (χ4v) is 1.21. The number of aliphatic hydroxyl groups is 1. The van der Waals surface area contributed by atoms with E-state index < -0.39 is 28.0 Å². The van der Waals surface area contributed by atoms with Gasteiger partial charge >= 0.3 is 5.97 Å². The molecule has 17 heavy (non-hydrogen) atoms. The van der Waals surface area contributed by atoms with E-state index in [1.807, 2.05) is 0 Å². The lowest BCUT2D eigenvalue weighted by atomic mass is 10.1. The fourth-order valence-electron chi connectivity index (χ4n) is 1.21. The van der Waals surface area contributed by atoms with Crippen molar-refractivity contribution in [2.24, 2.45) is 0 Å². The van der Waals surface area contributed by atoms with Crippen LogP contribution in [-0.2, 0) is 0 Å². The second-order valence-corrected chi connectivity index (χ2v) is 3.06. The zero-order valence-electron chi connectivity index (χ0n) is 8.51. The number of nitrogens with zero attached hydrogens (tertiary/aromatic N) is 1. The Balaban J connectivity index is 3.25. The summed E-state index contributed by atoms with van der Waals surface area (Å²) in [5, 5.41) is 30.3. The lowest BCUT2D eigenvalue weighted by Gasteiger charge is -2.06. The topological polar surface area (TPSA) is 113 Å². The monoisotopic (exact) mass is 244 g/mol. The van der Waals surface area contributed by atoms with Gasteiger partial charge in [0.25, 0.3) is 5.69 Å². The van der Waals surface area contributed by atoms with Gasteiger partial charge in [-0.05, 0) is 0 Å². The number of hydrogen-bond acceptors (Lipinski definition) is 5. The summed E-state index contributed by atoms with van der Waals surface area (Å²) in [5.41, 5.74) is -1.50. The third-order valence-corrected chi connectivity index (χ3v) is 1.94. The third kappa shape index (κ3) is 2.88. The Morgan fingerprint density at radius 2 is 2.18 bits per heavy atom. The van der Waals surface area contributed by atoms with Crippen LogP contribution in [-0.4, -0.2) is 34.3 Å². The number of carbonyl (C=O) groups is 1. The van der Waals surface area contributed by atoms with Crippen molar-refractivity contribution >= 4 is 17.3 Å². The molecule has 0 unspecified atom stereocenters. The molecular weight excluding hydrogens is 235 g/mol. The maximum absolute atomic E-state index is 13.3. The Morgan fingerprint density at radius 1 is 1.53 bits per heavy atom. The molecule has 0 aliphatic rings. The summed E-state index contributed by atoms with van der Waals surface area (Å²) in [6.07, 6.45) is 0. The van der Waals surface area contributed by atoms with E-state index >= 15 is 0 Å². The number of rotatable bonds is 5. The number of halogens is 1. The van der Waals surface area contributed by atoms with E-state index in [4.69, 9.17) is 10.2 Å². The lowest BCUT2D eigenvalue weighted by molar-refractivity contribution is -0.384. The number of nitro groups is 1. The summed E-state index contributed by atoms with van der Waals surface area (Å²) in [5.74, 6) is -2.66. The van der Waals surface area contributed by atoms with Gasteiger partial charge in [-0.1, -0.05) is 0 Å². The molecule has 3 N–H and O–H groups in total. The highest BCUT2D eigenvalue weighted by molar-refractivity contribution is 5.90. The van der Waals surface area contributed by atoms with Crippen LogP contribution in [0.2, 0.25) is 0 Å². The number of carboxylic acid groups (broad SMARTS) is 1. The van der Waals surface area contributed by atoms with E-state index in [1.165, 1.54) is 0 Å². The molecule has 7 nitrogen and oxygen atoms in total. The minimum atomic E-state index is -1.58. The number of aromatic carboxylic acids is 1. The van der Waals surface area contributed by atoms with E-state index in [9.17, 15) is 19.3 Å². The average molecular weight is 244 g/mol. The second kappa shape index (κ2) is 5.21. The molecule has 1 aromatic carbocycles. The van der Waals surface area contributed by atoms with Crippen LogP contribution in [0.4, 0.5) is 15.8 Å². The summed E-state index contributed by atoms with van der Waals surface area (Å²) < 4.78 is 13.3. The predicted molar refractivity (Wildman–Crippen MR) is 55.6 cm³/mol. The summed E-state index contributed by atoms with van der Waals surface area (Å²) >= 11 is 0. The molecule has 1 rings (SSSR count). The summed E-state index contributed by atoms with van der Waals surface area (Å²) in [6.45, 7) is -0.299. The zero-order valence-corrected chi connectivity index (χ0v) is 8.51. The minimum Gasteiger partial charge on any atom is -0.478 e. The number of aliphatic hydroxyl groups excluding tert-OH is 1. The van der Waals surface area contributed by atoms with Crippen LogP contribution in [0.25, 0.3) is 0 Å². The molecule has 92 valence electrons. The predicted octanol–water partition coefficient (Wildman–Crippen LogP) is 0.836. The van der Waals surface area contributed by atoms with Crippen LogP contribution in [0.5, 0.6) is 0 Å². The molecule has 0 radical (unpaired) electrons. The zero-order chi connectivity index (χ0) is 13.0. The van der Waals surface area contributed by atoms with Gasteiger partial charge in [0.15, 0.2) is 0 Å². The molecule has 0 amide bonds. The van der Waals surface area contributed by atoms with Crippen molar-refractivity contribution in [3.05, 3.63) is 33.6 Å². The first kappa shape index (κ1) is 12.8. The Morgan fingerprint density at radius 3 is 2.65 bits per heavy atom. The highest BCUT2D eigenvalue weighted by Gasteiger charge is 2.21. The normalized spacial score (nSPS) is 10.0. The fraction of sp³-hybridized carbons (Fsp3) is 0.222. The maximum Gasteiger partial charge on any atom is 0.338 e. The van der Waals surface area contributed by atoms with Gasteiger partial charge in [0, 0.05) is 18.7 Å². The molecule has 0 fully saturated rings. The van der Waals surface area contributed by atoms with Crippen molar-refractivity contribution in [2.45, 2.75) is 0 Å². The van der Waals surface area contributed by atoms with Gasteiger partial charge in [0.05, 0.1) is 11.5 Å². The molecule has 0 heterocycles. The highest BCUT2D eigenvalue weighted by Crippen LogP contribution is 2.27. The van der Waals surface area contributed by atoms with Gasteiger partial charge < -0.3 is 15.5 Å². The first-order valence-electron chi connectivity index (χ1n) is 4.53. The van der Waals surface area contributed by atoms with Crippen LogP contribution in [0.3, 0.4) is 0 Å². The van der Waals surface area contributed by atoms with Gasteiger partial charge in [0.2, 0.25) is 0 Å². The maximum atomic E-state index is 13.3. The number of nitrogens with one attached hydrogen (secondary N) is 1. The van der Waals surface area contributed by atoms with Crippen LogP contribution in [0.1, 0.15) is 10.4 Å². The Bertz CT molecular complexity index is 463. The van der Waals surface area contributed by atoms with Crippen LogP contribution >= 0.6 is 0 Å². The van der Waals surface area contributed by atoms with Gasteiger partial charge in [0.1, 0.15) is 17.1 Å². The van der Waals surface area contributed by atoms with E-state index in [2.05, 4.69) is 5.32 Å². The Kier molecular flexibility index (Phi) is 3.94.